The van der Waals surface area contributed by atoms with Gasteiger partial charge in [-0.2, -0.15) is 5.10 Å². The van der Waals surface area contributed by atoms with Gasteiger partial charge >= 0.3 is 0 Å². The van der Waals surface area contributed by atoms with Crippen molar-refractivity contribution in [2.45, 2.75) is 50.9 Å². The number of ether oxygens (including phenoxy) is 2. The summed E-state index contributed by atoms with van der Waals surface area (Å²) < 4.78 is 13.6. The fourth-order valence-corrected chi connectivity index (χ4v) is 4.50. The Balaban J connectivity index is 1.15. The van der Waals surface area contributed by atoms with E-state index in [1.807, 2.05) is 35.2 Å². The molecule has 5 rings (SSSR count). The van der Waals surface area contributed by atoms with Crippen LogP contribution in [0.4, 0.5) is 0 Å². The lowest BCUT2D eigenvalue weighted by atomic mass is 10.0. The molecular weight excluding hydrogens is 472 g/mol. The summed E-state index contributed by atoms with van der Waals surface area (Å²) in [7, 11) is 0. The fraction of sp³-hybridized carbons (Fsp3) is 0.393. The topological polar surface area (TPSA) is 120 Å². The van der Waals surface area contributed by atoms with E-state index in [-0.39, 0.29) is 18.6 Å². The van der Waals surface area contributed by atoms with Crippen molar-refractivity contribution in [2.24, 2.45) is 5.73 Å². The maximum atomic E-state index is 12.8. The van der Waals surface area contributed by atoms with Crippen LogP contribution in [0.2, 0.25) is 0 Å². The number of carbonyl (C=O) groups is 2. The number of carbonyl (C=O) groups excluding carboxylic acids is 2. The molecule has 3 N–H and O–H groups in total. The maximum Gasteiger partial charge on any atom is 0.252 e. The summed E-state index contributed by atoms with van der Waals surface area (Å²) >= 11 is 0. The van der Waals surface area contributed by atoms with Crippen LogP contribution in [0.1, 0.15) is 41.6 Å². The first kappa shape index (κ1) is 24.8. The van der Waals surface area contributed by atoms with Gasteiger partial charge in [0.05, 0.1) is 37.4 Å². The maximum absolute atomic E-state index is 12.8. The van der Waals surface area contributed by atoms with E-state index >= 15 is 0 Å². The molecule has 2 amide bonds. The zero-order chi connectivity index (χ0) is 25.8. The van der Waals surface area contributed by atoms with E-state index in [4.69, 9.17) is 20.3 Å². The molecule has 2 fully saturated rings. The first-order valence-corrected chi connectivity index (χ1v) is 12.8. The Morgan fingerprint density at radius 2 is 1.70 bits per heavy atom. The molecule has 2 aliphatic rings. The average Bonchev–Trinajstić information content (AvgIpc) is 3.60. The van der Waals surface area contributed by atoms with Gasteiger partial charge in [0, 0.05) is 37.7 Å². The van der Waals surface area contributed by atoms with E-state index in [1.54, 1.807) is 29.2 Å². The Labute approximate surface area is 215 Å². The number of nitrogens with zero attached hydrogens (tertiary/aromatic N) is 3. The lowest BCUT2D eigenvalue weighted by molar-refractivity contribution is -0.132. The molecule has 3 aromatic rings. The molecule has 0 radical (unpaired) electrons. The SMILES string of the molecule is NC(=O)c1cc(-c2cnn(CCO)c2)ccc1OC1CCN(C(=O)Cc2ccc(OC3CC3)cc2)CC1. The zero-order valence-corrected chi connectivity index (χ0v) is 20.7. The lowest BCUT2D eigenvalue weighted by Crippen LogP contribution is -2.42. The molecule has 194 valence electrons. The summed E-state index contributed by atoms with van der Waals surface area (Å²) in [5, 5.41) is 13.3. The Morgan fingerprint density at radius 1 is 0.973 bits per heavy atom. The van der Waals surface area contributed by atoms with Crippen molar-refractivity contribution in [1.82, 2.24) is 14.7 Å². The van der Waals surface area contributed by atoms with Crippen molar-refractivity contribution in [3.8, 4) is 22.6 Å². The number of amides is 2. The third kappa shape index (κ3) is 6.29. The van der Waals surface area contributed by atoms with Crippen LogP contribution in [0, 0.1) is 0 Å². The standard InChI is InChI=1S/C28H32N4O5/c29-28(35)25-16-20(21-17-30-32(18-21)13-14-33)3-8-26(25)37-24-9-11-31(12-10-24)27(34)15-19-1-4-22(5-2-19)36-23-6-7-23/h1-5,8,16-18,23-24,33H,6-7,9-15H2,(H2,29,35). The highest BCUT2D eigenvalue weighted by molar-refractivity contribution is 5.97. The Kier molecular flexibility index (Phi) is 7.41. The summed E-state index contributed by atoms with van der Waals surface area (Å²) in [6.45, 7) is 1.58. The number of aliphatic hydroxyl groups excluding tert-OH is 1. The van der Waals surface area contributed by atoms with Gasteiger partial charge in [0.1, 0.15) is 17.6 Å². The molecule has 1 saturated heterocycles. The van der Waals surface area contributed by atoms with Crippen LogP contribution in [-0.4, -0.2) is 63.5 Å². The van der Waals surface area contributed by atoms with Crippen molar-refractivity contribution < 1.29 is 24.2 Å². The van der Waals surface area contributed by atoms with Crippen molar-refractivity contribution in [1.29, 1.82) is 0 Å². The predicted octanol–water partition coefficient (Wildman–Crippen LogP) is 2.80. The third-order valence-corrected chi connectivity index (χ3v) is 6.73. The first-order chi connectivity index (χ1) is 18.0. The molecule has 37 heavy (non-hydrogen) atoms. The summed E-state index contributed by atoms with van der Waals surface area (Å²) in [6.07, 6.45) is 7.68. The number of nitrogens with two attached hydrogens (primary N) is 1. The number of hydrogen-bond acceptors (Lipinski definition) is 6. The molecule has 0 spiro atoms. The van der Waals surface area contributed by atoms with Gasteiger partial charge in [-0.25, -0.2) is 0 Å². The van der Waals surface area contributed by atoms with Crippen LogP contribution in [0.5, 0.6) is 11.5 Å². The molecular formula is C28H32N4O5. The van der Waals surface area contributed by atoms with E-state index in [1.165, 1.54) is 0 Å². The normalized spacial score (nSPS) is 16.0. The highest BCUT2D eigenvalue weighted by Crippen LogP contribution is 2.29. The lowest BCUT2D eigenvalue weighted by Gasteiger charge is -2.32. The van der Waals surface area contributed by atoms with Crippen LogP contribution >= 0.6 is 0 Å². The minimum absolute atomic E-state index is 0.00623. The van der Waals surface area contributed by atoms with Gasteiger partial charge in [-0.15, -0.1) is 0 Å². The average molecular weight is 505 g/mol. The Hall–Kier alpha value is -3.85. The number of hydrogen-bond donors (Lipinski definition) is 2. The number of aliphatic hydroxyl groups is 1. The van der Waals surface area contributed by atoms with E-state index in [2.05, 4.69) is 5.10 Å². The minimum Gasteiger partial charge on any atom is -0.490 e. The molecule has 9 nitrogen and oxygen atoms in total. The quantitative estimate of drug-likeness (QED) is 0.438. The van der Waals surface area contributed by atoms with E-state index in [9.17, 15) is 9.59 Å². The summed E-state index contributed by atoms with van der Waals surface area (Å²) in [6, 6.07) is 13.1. The van der Waals surface area contributed by atoms with Crippen molar-refractivity contribution in [3.63, 3.8) is 0 Å². The van der Waals surface area contributed by atoms with E-state index in [0.717, 1.165) is 35.3 Å². The second-order valence-corrected chi connectivity index (χ2v) is 9.63. The number of primary amides is 1. The molecule has 1 aliphatic carbocycles. The molecule has 0 unspecified atom stereocenters. The summed E-state index contributed by atoms with van der Waals surface area (Å²) in [4.78, 5) is 26.9. The summed E-state index contributed by atoms with van der Waals surface area (Å²) in [5.74, 6) is 0.827. The third-order valence-electron chi connectivity index (χ3n) is 6.73. The van der Waals surface area contributed by atoms with Crippen molar-refractivity contribution in [3.05, 3.63) is 66.0 Å². The molecule has 9 heteroatoms. The summed E-state index contributed by atoms with van der Waals surface area (Å²) in [5.41, 5.74) is 8.54. The van der Waals surface area contributed by atoms with Gasteiger partial charge in [-0.3, -0.25) is 14.3 Å². The highest BCUT2D eigenvalue weighted by atomic mass is 16.5. The van der Waals surface area contributed by atoms with Crippen LogP contribution in [0.25, 0.3) is 11.1 Å². The number of likely N-dealkylation sites (tertiary alicyclic amines) is 1. The zero-order valence-electron chi connectivity index (χ0n) is 20.7. The minimum atomic E-state index is -0.569. The monoisotopic (exact) mass is 504 g/mol. The van der Waals surface area contributed by atoms with Gasteiger partial charge in [-0.05, 0) is 48.2 Å². The molecule has 2 heterocycles. The van der Waals surface area contributed by atoms with Crippen molar-refractivity contribution in [2.75, 3.05) is 19.7 Å². The van der Waals surface area contributed by atoms with Gasteiger partial charge in [-0.1, -0.05) is 18.2 Å². The molecule has 1 aromatic heterocycles. The Morgan fingerprint density at radius 3 is 2.38 bits per heavy atom. The van der Waals surface area contributed by atoms with Gasteiger partial charge in [0.15, 0.2) is 0 Å². The predicted molar refractivity (Wildman–Crippen MR) is 137 cm³/mol. The van der Waals surface area contributed by atoms with Gasteiger partial charge < -0.3 is 25.2 Å². The number of piperidine rings is 1. The van der Waals surface area contributed by atoms with E-state index in [0.29, 0.717) is 56.3 Å². The molecule has 2 aromatic carbocycles. The second-order valence-electron chi connectivity index (χ2n) is 9.63. The fourth-order valence-electron chi connectivity index (χ4n) is 4.50. The number of rotatable bonds is 10. The molecule has 0 atom stereocenters. The van der Waals surface area contributed by atoms with Crippen molar-refractivity contribution >= 4 is 11.8 Å². The molecule has 1 aliphatic heterocycles. The van der Waals surface area contributed by atoms with Gasteiger partial charge in [0.2, 0.25) is 5.91 Å². The molecule has 0 bridgehead atoms. The van der Waals surface area contributed by atoms with Crippen LogP contribution in [-0.2, 0) is 17.8 Å². The van der Waals surface area contributed by atoms with Gasteiger partial charge in [0.25, 0.3) is 5.91 Å². The molecule has 1 saturated carbocycles. The van der Waals surface area contributed by atoms with Crippen LogP contribution < -0.4 is 15.2 Å². The first-order valence-electron chi connectivity index (χ1n) is 12.8. The smallest absolute Gasteiger partial charge is 0.252 e. The van der Waals surface area contributed by atoms with Crippen LogP contribution in [0.3, 0.4) is 0 Å². The second kappa shape index (κ2) is 11.0. The van der Waals surface area contributed by atoms with E-state index < -0.39 is 5.91 Å². The Bertz CT molecular complexity index is 1240. The highest BCUT2D eigenvalue weighted by Gasteiger charge is 2.26. The van der Waals surface area contributed by atoms with Crippen LogP contribution in [0.15, 0.2) is 54.9 Å². The number of benzene rings is 2. The number of aromatic nitrogens is 2. The largest absolute Gasteiger partial charge is 0.490 e.